The molecular formula is C16H22N2O2S. The van der Waals surface area contributed by atoms with Crippen molar-refractivity contribution in [3.8, 4) is 11.8 Å². The predicted molar refractivity (Wildman–Crippen MR) is 85.7 cm³/mol. The number of amides is 1. The first-order valence-electron chi connectivity index (χ1n) is 7.37. The number of thiophene rings is 1. The van der Waals surface area contributed by atoms with Crippen molar-refractivity contribution in [2.45, 2.75) is 20.3 Å². The number of nitrogens with zero attached hydrogens (tertiary/aromatic N) is 2. The summed E-state index contributed by atoms with van der Waals surface area (Å²) in [5.41, 5.74) is 1.01. The molecule has 0 unspecified atom stereocenters. The van der Waals surface area contributed by atoms with Crippen LogP contribution in [-0.2, 0) is 0 Å². The van der Waals surface area contributed by atoms with E-state index in [9.17, 15) is 4.79 Å². The van der Waals surface area contributed by atoms with E-state index in [1.165, 1.54) is 11.3 Å². The third-order valence-electron chi connectivity index (χ3n) is 3.61. The average molecular weight is 306 g/mol. The first-order chi connectivity index (χ1) is 10.2. The summed E-state index contributed by atoms with van der Waals surface area (Å²) in [5, 5.41) is 8.76. The minimum Gasteiger partial charge on any atom is -0.384 e. The van der Waals surface area contributed by atoms with Crippen molar-refractivity contribution in [1.29, 1.82) is 0 Å². The number of rotatable bonds is 3. The van der Waals surface area contributed by atoms with E-state index in [2.05, 4.69) is 23.7 Å². The van der Waals surface area contributed by atoms with Gasteiger partial charge in [-0.15, -0.1) is 11.3 Å². The zero-order chi connectivity index (χ0) is 15.2. The van der Waals surface area contributed by atoms with Crippen LogP contribution in [0.15, 0.2) is 6.07 Å². The third-order valence-corrected chi connectivity index (χ3v) is 4.75. The van der Waals surface area contributed by atoms with Crippen LogP contribution < -0.4 is 0 Å². The Bertz CT molecular complexity index is 548. The first kappa shape index (κ1) is 16.0. The molecule has 21 heavy (non-hydrogen) atoms. The van der Waals surface area contributed by atoms with E-state index < -0.39 is 0 Å². The molecule has 1 aromatic rings. The molecule has 2 rings (SSSR count). The number of aryl methyl sites for hydroxylation is 1. The molecule has 0 spiro atoms. The van der Waals surface area contributed by atoms with Gasteiger partial charge >= 0.3 is 0 Å². The van der Waals surface area contributed by atoms with Gasteiger partial charge in [0, 0.05) is 26.2 Å². The van der Waals surface area contributed by atoms with Gasteiger partial charge in [0.05, 0.1) is 9.75 Å². The maximum atomic E-state index is 12.5. The van der Waals surface area contributed by atoms with E-state index in [-0.39, 0.29) is 12.5 Å². The lowest BCUT2D eigenvalue weighted by atomic mass is 10.2. The lowest BCUT2D eigenvalue weighted by molar-refractivity contribution is 0.0642. The molecule has 1 aliphatic rings. The number of hydrogen-bond acceptors (Lipinski definition) is 4. The largest absolute Gasteiger partial charge is 0.384 e. The van der Waals surface area contributed by atoms with Gasteiger partial charge < -0.3 is 10.0 Å². The zero-order valence-corrected chi connectivity index (χ0v) is 13.5. The summed E-state index contributed by atoms with van der Waals surface area (Å²) in [5.74, 6) is 5.65. The second kappa shape index (κ2) is 7.60. The molecule has 0 saturated carbocycles. The van der Waals surface area contributed by atoms with Crippen LogP contribution in [-0.4, -0.2) is 60.1 Å². The topological polar surface area (TPSA) is 43.8 Å². The normalized spacial score (nSPS) is 15.7. The van der Waals surface area contributed by atoms with Crippen molar-refractivity contribution < 1.29 is 9.90 Å². The summed E-state index contributed by atoms with van der Waals surface area (Å²) in [6, 6.07) is 1.91. The van der Waals surface area contributed by atoms with Gasteiger partial charge in [-0.2, -0.15) is 0 Å². The van der Waals surface area contributed by atoms with E-state index in [4.69, 9.17) is 5.11 Å². The molecule has 0 aliphatic carbocycles. The fourth-order valence-corrected chi connectivity index (χ4v) is 3.49. The number of aliphatic hydroxyl groups excluding tert-OH is 1. The molecule has 1 aliphatic heterocycles. The Kier molecular flexibility index (Phi) is 5.80. The molecule has 1 aromatic heterocycles. The summed E-state index contributed by atoms with van der Waals surface area (Å²) in [7, 11) is 0. The molecular weight excluding hydrogens is 284 g/mol. The highest BCUT2D eigenvalue weighted by Gasteiger charge is 2.23. The number of carbonyl (C=O) groups excluding carboxylic acids is 1. The molecule has 0 atom stereocenters. The van der Waals surface area contributed by atoms with E-state index in [0.29, 0.717) is 0 Å². The standard InChI is InChI=1S/C16H22N2O2S/c1-3-6-17-7-9-18(10-8-17)16(20)15-12-13(2)14(21-15)5-4-11-19/h12,19H,3,6-11H2,1-2H3. The smallest absolute Gasteiger partial charge is 0.264 e. The highest BCUT2D eigenvalue weighted by atomic mass is 32.1. The maximum Gasteiger partial charge on any atom is 0.264 e. The van der Waals surface area contributed by atoms with Crippen molar-refractivity contribution in [2.24, 2.45) is 0 Å². The van der Waals surface area contributed by atoms with E-state index >= 15 is 0 Å². The van der Waals surface area contributed by atoms with Crippen molar-refractivity contribution in [3.63, 3.8) is 0 Å². The van der Waals surface area contributed by atoms with E-state index in [1.807, 2.05) is 17.9 Å². The van der Waals surface area contributed by atoms with Crippen LogP contribution >= 0.6 is 11.3 Å². The van der Waals surface area contributed by atoms with Gasteiger partial charge in [-0.1, -0.05) is 18.8 Å². The van der Waals surface area contributed by atoms with Crippen molar-refractivity contribution in [2.75, 3.05) is 39.3 Å². The fourth-order valence-electron chi connectivity index (χ4n) is 2.48. The molecule has 1 saturated heterocycles. The van der Waals surface area contributed by atoms with Crippen LogP contribution in [0.2, 0.25) is 0 Å². The van der Waals surface area contributed by atoms with Gasteiger partial charge in [0.2, 0.25) is 0 Å². The molecule has 1 N–H and O–H groups in total. The molecule has 0 aromatic carbocycles. The van der Waals surface area contributed by atoms with Crippen LogP contribution in [0.4, 0.5) is 0 Å². The van der Waals surface area contributed by atoms with Crippen LogP contribution in [0.3, 0.4) is 0 Å². The molecule has 114 valence electrons. The summed E-state index contributed by atoms with van der Waals surface area (Å²) < 4.78 is 0. The SMILES string of the molecule is CCCN1CCN(C(=O)c2cc(C)c(C#CCO)s2)CC1. The van der Waals surface area contributed by atoms with Crippen LogP contribution in [0.25, 0.3) is 0 Å². The van der Waals surface area contributed by atoms with Crippen molar-refractivity contribution >= 4 is 17.2 Å². The van der Waals surface area contributed by atoms with Gasteiger partial charge in [-0.05, 0) is 31.5 Å². The Morgan fingerprint density at radius 2 is 2.10 bits per heavy atom. The lowest BCUT2D eigenvalue weighted by Gasteiger charge is -2.34. The van der Waals surface area contributed by atoms with E-state index in [0.717, 1.165) is 54.5 Å². The number of piperazine rings is 1. The highest BCUT2D eigenvalue weighted by molar-refractivity contribution is 7.14. The lowest BCUT2D eigenvalue weighted by Crippen LogP contribution is -2.48. The van der Waals surface area contributed by atoms with Gasteiger partial charge in [0.1, 0.15) is 6.61 Å². The van der Waals surface area contributed by atoms with Crippen LogP contribution in [0.1, 0.15) is 33.5 Å². The number of hydrogen-bond donors (Lipinski definition) is 1. The van der Waals surface area contributed by atoms with Crippen molar-refractivity contribution in [1.82, 2.24) is 9.80 Å². The van der Waals surface area contributed by atoms with Gasteiger partial charge in [-0.25, -0.2) is 0 Å². The Balaban J connectivity index is 2.01. The van der Waals surface area contributed by atoms with Crippen molar-refractivity contribution in [3.05, 3.63) is 21.4 Å². The average Bonchev–Trinajstić information content (AvgIpc) is 2.86. The molecule has 2 heterocycles. The molecule has 1 amide bonds. The summed E-state index contributed by atoms with van der Waals surface area (Å²) >= 11 is 1.42. The minimum absolute atomic E-state index is 0.108. The summed E-state index contributed by atoms with van der Waals surface area (Å²) in [6.45, 7) is 8.61. The van der Waals surface area contributed by atoms with Gasteiger partial charge in [0.25, 0.3) is 5.91 Å². The van der Waals surface area contributed by atoms with E-state index in [1.54, 1.807) is 0 Å². The highest BCUT2D eigenvalue weighted by Crippen LogP contribution is 2.23. The first-order valence-corrected chi connectivity index (χ1v) is 8.19. The molecule has 1 fully saturated rings. The quantitative estimate of drug-likeness (QED) is 0.862. The van der Waals surface area contributed by atoms with Gasteiger partial charge in [-0.3, -0.25) is 9.69 Å². The Morgan fingerprint density at radius 3 is 2.71 bits per heavy atom. The summed E-state index contributed by atoms with van der Waals surface area (Å²) in [4.78, 5) is 18.5. The zero-order valence-electron chi connectivity index (χ0n) is 12.7. The van der Waals surface area contributed by atoms with Gasteiger partial charge in [0.15, 0.2) is 0 Å². The summed E-state index contributed by atoms with van der Waals surface area (Å²) in [6.07, 6.45) is 1.16. The predicted octanol–water partition coefficient (Wildman–Crippen LogP) is 1.57. The molecule has 5 heteroatoms. The number of aliphatic hydroxyl groups is 1. The Morgan fingerprint density at radius 1 is 1.38 bits per heavy atom. The third kappa shape index (κ3) is 4.07. The maximum absolute atomic E-state index is 12.5. The second-order valence-corrected chi connectivity index (χ2v) is 6.27. The molecule has 0 bridgehead atoms. The molecule has 0 radical (unpaired) electrons. The van der Waals surface area contributed by atoms with Crippen LogP contribution in [0.5, 0.6) is 0 Å². The number of carbonyl (C=O) groups is 1. The second-order valence-electron chi connectivity index (χ2n) is 5.22. The fraction of sp³-hybridized carbons (Fsp3) is 0.562. The minimum atomic E-state index is -0.153. The Hall–Kier alpha value is -1.35. The Labute approximate surface area is 130 Å². The van der Waals surface area contributed by atoms with Crippen LogP contribution in [0, 0.1) is 18.8 Å². The monoisotopic (exact) mass is 306 g/mol. The molecule has 4 nitrogen and oxygen atoms in total.